The third-order valence-electron chi connectivity index (χ3n) is 2.96. The van der Waals surface area contributed by atoms with Crippen molar-refractivity contribution in [2.45, 2.75) is 6.42 Å². The Morgan fingerprint density at radius 1 is 1.30 bits per heavy atom. The van der Waals surface area contributed by atoms with Crippen LogP contribution in [0.4, 0.5) is 8.78 Å². The molecule has 20 heavy (non-hydrogen) atoms. The van der Waals surface area contributed by atoms with Gasteiger partial charge in [0, 0.05) is 11.4 Å². The molecule has 0 saturated heterocycles. The van der Waals surface area contributed by atoms with Gasteiger partial charge in [-0.1, -0.05) is 6.07 Å². The summed E-state index contributed by atoms with van der Waals surface area (Å²) in [7, 11) is 1.79. The van der Waals surface area contributed by atoms with E-state index in [1.54, 1.807) is 18.4 Å². The van der Waals surface area contributed by atoms with Crippen LogP contribution >= 0.6 is 11.3 Å². The van der Waals surface area contributed by atoms with E-state index in [1.165, 1.54) is 4.88 Å². The molecule has 1 aromatic carbocycles. The molecular formula is C15H15F2NOS. The van der Waals surface area contributed by atoms with Crippen LogP contribution in [0.25, 0.3) is 0 Å². The van der Waals surface area contributed by atoms with Crippen molar-refractivity contribution in [1.82, 2.24) is 4.90 Å². The third-order valence-corrected chi connectivity index (χ3v) is 3.90. The molecule has 1 aromatic heterocycles. The number of nitrogens with zero attached hydrogens (tertiary/aromatic N) is 1. The fourth-order valence-electron chi connectivity index (χ4n) is 1.88. The second-order valence-corrected chi connectivity index (χ2v) is 5.65. The van der Waals surface area contributed by atoms with E-state index in [0.29, 0.717) is 6.54 Å². The van der Waals surface area contributed by atoms with E-state index in [-0.39, 0.29) is 12.1 Å². The molecule has 0 bridgehead atoms. The van der Waals surface area contributed by atoms with Gasteiger partial charge in [-0.2, -0.15) is 0 Å². The topological polar surface area (TPSA) is 20.3 Å². The number of likely N-dealkylation sites (N-methyl/N-ethyl adjacent to an activating group) is 1. The Morgan fingerprint density at radius 2 is 2.10 bits per heavy atom. The first kappa shape index (κ1) is 14.8. The number of hydrogen-bond donors (Lipinski definition) is 0. The molecule has 0 spiro atoms. The van der Waals surface area contributed by atoms with Crippen molar-refractivity contribution in [3.05, 3.63) is 57.8 Å². The van der Waals surface area contributed by atoms with Crippen molar-refractivity contribution in [1.29, 1.82) is 0 Å². The van der Waals surface area contributed by atoms with Crippen LogP contribution in [0, 0.1) is 11.6 Å². The van der Waals surface area contributed by atoms with Crippen LogP contribution in [0.2, 0.25) is 0 Å². The molecular weight excluding hydrogens is 280 g/mol. The molecule has 0 aliphatic rings. The van der Waals surface area contributed by atoms with Gasteiger partial charge >= 0.3 is 0 Å². The van der Waals surface area contributed by atoms with Gasteiger partial charge in [-0.25, -0.2) is 8.78 Å². The molecule has 0 radical (unpaired) electrons. The minimum Gasteiger partial charge on any atom is -0.299 e. The van der Waals surface area contributed by atoms with Gasteiger partial charge in [-0.15, -0.1) is 11.3 Å². The average molecular weight is 295 g/mol. The van der Waals surface area contributed by atoms with Crippen molar-refractivity contribution >= 4 is 17.1 Å². The number of thiophene rings is 1. The lowest BCUT2D eigenvalue weighted by molar-refractivity contribution is 0.0942. The van der Waals surface area contributed by atoms with Crippen LogP contribution in [0.15, 0.2) is 35.7 Å². The zero-order valence-electron chi connectivity index (χ0n) is 11.1. The third kappa shape index (κ3) is 3.95. The molecule has 2 nitrogen and oxygen atoms in total. The average Bonchev–Trinajstić information content (AvgIpc) is 2.92. The van der Waals surface area contributed by atoms with E-state index in [0.717, 1.165) is 24.6 Å². The van der Waals surface area contributed by atoms with Gasteiger partial charge in [0.1, 0.15) is 11.6 Å². The van der Waals surface area contributed by atoms with Crippen LogP contribution in [0.5, 0.6) is 0 Å². The molecule has 0 aliphatic carbocycles. The van der Waals surface area contributed by atoms with Crippen molar-refractivity contribution in [3.63, 3.8) is 0 Å². The smallest absolute Gasteiger partial charge is 0.179 e. The van der Waals surface area contributed by atoms with E-state index < -0.39 is 17.4 Å². The summed E-state index contributed by atoms with van der Waals surface area (Å²) in [6.45, 7) is 0.773. The number of carbonyl (C=O) groups is 1. The fourth-order valence-corrected chi connectivity index (χ4v) is 2.57. The quantitative estimate of drug-likeness (QED) is 0.761. The van der Waals surface area contributed by atoms with Gasteiger partial charge in [0.2, 0.25) is 0 Å². The zero-order valence-corrected chi connectivity index (χ0v) is 11.9. The number of rotatable bonds is 6. The lowest BCUT2D eigenvalue weighted by Gasteiger charge is -2.15. The second-order valence-electron chi connectivity index (χ2n) is 4.61. The summed E-state index contributed by atoms with van der Waals surface area (Å²) >= 11 is 1.66. The Hall–Kier alpha value is -1.59. The maximum Gasteiger partial charge on any atom is 0.179 e. The molecule has 0 aliphatic heterocycles. The SMILES string of the molecule is CN(CCc1cccs1)CC(=O)c1cc(F)ccc1F. The molecule has 0 fully saturated rings. The maximum absolute atomic E-state index is 13.5. The normalized spacial score (nSPS) is 11.0. The van der Waals surface area contributed by atoms with Crippen LogP contribution < -0.4 is 0 Å². The van der Waals surface area contributed by atoms with E-state index >= 15 is 0 Å². The predicted molar refractivity (Wildman–Crippen MR) is 76.2 cm³/mol. The Labute approximate surface area is 120 Å². The highest BCUT2D eigenvalue weighted by molar-refractivity contribution is 7.09. The van der Waals surface area contributed by atoms with Crippen LogP contribution in [0.3, 0.4) is 0 Å². The van der Waals surface area contributed by atoms with E-state index in [2.05, 4.69) is 0 Å². The summed E-state index contributed by atoms with van der Waals surface area (Å²) in [6.07, 6.45) is 0.840. The molecule has 2 rings (SSSR count). The van der Waals surface area contributed by atoms with Crippen LogP contribution in [-0.2, 0) is 6.42 Å². The zero-order chi connectivity index (χ0) is 14.5. The lowest BCUT2D eigenvalue weighted by Crippen LogP contribution is -2.28. The van der Waals surface area contributed by atoms with Gasteiger partial charge < -0.3 is 0 Å². The monoisotopic (exact) mass is 295 g/mol. The second kappa shape index (κ2) is 6.72. The summed E-state index contributed by atoms with van der Waals surface area (Å²) in [5, 5.41) is 2.00. The summed E-state index contributed by atoms with van der Waals surface area (Å²) in [5.74, 6) is -1.69. The molecule has 106 valence electrons. The number of halogens is 2. The van der Waals surface area contributed by atoms with Crippen molar-refractivity contribution < 1.29 is 13.6 Å². The fraction of sp³-hybridized carbons (Fsp3) is 0.267. The Balaban J connectivity index is 1.91. The summed E-state index contributed by atoms with van der Waals surface area (Å²) in [6, 6.07) is 6.95. The summed E-state index contributed by atoms with van der Waals surface area (Å²) in [5.41, 5.74) is -0.187. The number of ketones is 1. The van der Waals surface area contributed by atoms with Gasteiger partial charge in [0.25, 0.3) is 0 Å². The van der Waals surface area contributed by atoms with Crippen molar-refractivity contribution in [2.75, 3.05) is 20.1 Å². The first-order valence-electron chi connectivity index (χ1n) is 6.25. The van der Waals surface area contributed by atoms with E-state index in [4.69, 9.17) is 0 Å². The van der Waals surface area contributed by atoms with Crippen LogP contribution in [-0.4, -0.2) is 30.8 Å². The molecule has 1 heterocycles. The minimum absolute atomic E-state index is 0.0751. The molecule has 0 saturated carbocycles. The number of benzene rings is 1. The maximum atomic E-state index is 13.5. The molecule has 5 heteroatoms. The highest BCUT2D eigenvalue weighted by Crippen LogP contribution is 2.12. The minimum atomic E-state index is -0.678. The van der Waals surface area contributed by atoms with Gasteiger partial charge in [-0.3, -0.25) is 9.69 Å². The summed E-state index contributed by atoms with van der Waals surface area (Å²) in [4.78, 5) is 15.0. The Kier molecular flexibility index (Phi) is 4.98. The van der Waals surface area contributed by atoms with Crippen molar-refractivity contribution in [2.24, 2.45) is 0 Å². The molecule has 0 N–H and O–H groups in total. The van der Waals surface area contributed by atoms with Gasteiger partial charge in [0.15, 0.2) is 5.78 Å². The molecule has 0 amide bonds. The molecule has 0 atom stereocenters. The first-order valence-corrected chi connectivity index (χ1v) is 7.13. The van der Waals surface area contributed by atoms with Crippen LogP contribution in [0.1, 0.15) is 15.2 Å². The molecule has 0 unspecified atom stereocenters. The largest absolute Gasteiger partial charge is 0.299 e. The van der Waals surface area contributed by atoms with E-state index in [1.807, 2.05) is 22.4 Å². The van der Waals surface area contributed by atoms with Gasteiger partial charge in [-0.05, 0) is 43.1 Å². The van der Waals surface area contributed by atoms with Gasteiger partial charge in [0.05, 0.1) is 12.1 Å². The highest BCUT2D eigenvalue weighted by Gasteiger charge is 2.14. The predicted octanol–water partition coefficient (Wildman–Crippen LogP) is 3.38. The summed E-state index contributed by atoms with van der Waals surface area (Å²) < 4.78 is 26.5. The standard InChI is InChI=1S/C15H15F2NOS/c1-18(7-6-12-3-2-8-20-12)10-15(19)13-9-11(16)4-5-14(13)17/h2-5,8-9H,6-7,10H2,1H3. The lowest BCUT2D eigenvalue weighted by atomic mass is 10.1. The van der Waals surface area contributed by atoms with Crippen molar-refractivity contribution in [3.8, 4) is 0 Å². The Bertz CT molecular complexity index is 584. The molecule has 2 aromatic rings. The Morgan fingerprint density at radius 3 is 2.80 bits per heavy atom. The van der Waals surface area contributed by atoms with E-state index in [9.17, 15) is 13.6 Å². The number of hydrogen-bond acceptors (Lipinski definition) is 3. The highest BCUT2D eigenvalue weighted by atomic mass is 32.1. The number of Topliss-reactive ketones (excluding diaryl/α,β-unsaturated/α-hetero) is 1. The first-order chi connectivity index (χ1) is 9.56. The number of carbonyl (C=O) groups excluding carboxylic acids is 1.